The molecule has 2 rings (SSSR count). The third-order valence-corrected chi connectivity index (χ3v) is 3.33. The van der Waals surface area contributed by atoms with Gasteiger partial charge in [-0.3, -0.25) is 0 Å². The van der Waals surface area contributed by atoms with E-state index in [0.717, 1.165) is 13.0 Å². The van der Waals surface area contributed by atoms with Crippen LogP contribution < -0.4 is 10.1 Å². The summed E-state index contributed by atoms with van der Waals surface area (Å²) in [7, 11) is 0. The zero-order valence-electron chi connectivity index (χ0n) is 9.72. The van der Waals surface area contributed by atoms with E-state index in [1.54, 1.807) is 6.07 Å². The maximum Gasteiger partial charge on any atom is 0.138 e. The first kappa shape index (κ1) is 12.7. The highest BCUT2D eigenvalue weighted by molar-refractivity contribution is 6.32. The van der Waals surface area contributed by atoms with E-state index < -0.39 is 0 Å². The highest BCUT2D eigenvalue weighted by Gasteiger charge is 2.12. The molecule has 1 heterocycles. The number of piperidine rings is 1. The van der Waals surface area contributed by atoms with Crippen molar-refractivity contribution in [3.05, 3.63) is 29.0 Å². The number of hydrogen-bond donors (Lipinski definition) is 1. The fourth-order valence-corrected chi connectivity index (χ4v) is 2.30. The van der Waals surface area contributed by atoms with Crippen LogP contribution in [0.4, 0.5) is 4.39 Å². The predicted molar refractivity (Wildman–Crippen MR) is 67.2 cm³/mol. The molecule has 17 heavy (non-hydrogen) atoms. The lowest BCUT2D eigenvalue weighted by atomic mass is 10.0. The lowest BCUT2D eigenvalue weighted by molar-refractivity contribution is 0.268. The van der Waals surface area contributed by atoms with Gasteiger partial charge in [0.2, 0.25) is 0 Å². The molecular weight excluding hydrogens is 241 g/mol. The average molecular weight is 258 g/mol. The minimum Gasteiger partial charge on any atom is -0.492 e. The molecule has 94 valence electrons. The summed E-state index contributed by atoms with van der Waals surface area (Å²) in [6.07, 6.45) is 4.73. The van der Waals surface area contributed by atoms with Crippen LogP contribution in [0.1, 0.15) is 25.7 Å². The molecule has 1 aliphatic rings. The van der Waals surface area contributed by atoms with Gasteiger partial charge >= 0.3 is 0 Å². The molecule has 2 nitrogen and oxygen atoms in total. The van der Waals surface area contributed by atoms with Crippen LogP contribution in [0.3, 0.4) is 0 Å². The Kier molecular flexibility index (Phi) is 4.63. The number of rotatable bonds is 4. The SMILES string of the molecule is Fc1ccc(OCC[C@H]2CCCCN2)c(Cl)c1. The van der Waals surface area contributed by atoms with Gasteiger partial charge in [-0.15, -0.1) is 0 Å². The summed E-state index contributed by atoms with van der Waals surface area (Å²) < 4.78 is 18.4. The average Bonchev–Trinajstić information content (AvgIpc) is 2.33. The van der Waals surface area contributed by atoms with E-state index in [4.69, 9.17) is 16.3 Å². The van der Waals surface area contributed by atoms with Crippen LogP contribution in [0.2, 0.25) is 5.02 Å². The van der Waals surface area contributed by atoms with Gasteiger partial charge < -0.3 is 10.1 Å². The Morgan fingerprint density at radius 2 is 2.29 bits per heavy atom. The van der Waals surface area contributed by atoms with Gasteiger partial charge in [0.25, 0.3) is 0 Å². The first-order valence-corrected chi connectivity index (χ1v) is 6.45. The van der Waals surface area contributed by atoms with E-state index in [9.17, 15) is 4.39 Å². The van der Waals surface area contributed by atoms with Crippen molar-refractivity contribution in [1.29, 1.82) is 0 Å². The fourth-order valence-electron chi connectivity index (χ4n) is 2.07. The molecule has 0 amide bonds. The quantitative estimate of drug-likeness (QED) is 0.893. The first-order valence-electron chi connectivity index (χ1n) is 6.07. The summed E-state index contributed by atoms with van der Waals surface area (Å²) >= 11 is 5.87. The minimum atomic E-state index is -0.337. The lowest BCUT2D eigenvalue weighted by Gasteiger charge is -2.23. The Morgan fingerprint density at radius 1 is 1.41 bits per heavy atom. The second kappa shape index (κ2) is 6.22. The predicted octanol–water partition coefficient (Wildman–Crippen LogP) is 3.39. The molecule has 0 radical (unpaired) electrons. The first-order chi connectivity index (χ1) is 8.25. The molecule has 1 aromatic carbocycles. The van der Waals surface area contributed by atoms with E-state index in [1.165, 1.54) is 31.4 Å². The number of halogens is 2. The number of ether oxygens (including phenoxy) is 1. The Bertz CT molecular complexity index is 366. The Labute approximate surface area is 106 Å². The molecule has 0 unspecified atom stereocenters. The van der Waals surface area contributed by atoms with Gasteiger partial charge in [0, 0.05) is 6.04 Å². The maximum absolute atomic E-state index is 12.8. The lowest BCUT2D eigenvalue weighted by Crippen LogP contribution is -2.35. The fraction of sp³-hybridized carbons (Fsp3) is 0.538. The molecule has 1 fully saturated rings. The minimum absolute atomic E-state index is 0.335. The van der Waals surface area contributed by atoms with Crippen LogP contribution in [0, 0.1) is 5.82 Å². The van der Waals surface area contributed by atoms with E-state index in [1.807, 2.05) is 0 Å². The second-order valence-electron chi connectivity index (χ2n) is 4.36. The third-order valence-electron chi connectivity index (χ3n) is 3.03. The summed E-state index contributed by atoms with van der Waals surface area (Å²) in [4.78, 5) is 0. The van der Waals surface area contributed by atoms with E-state index in [0.29, 0.717) is 23.4 Å². The van der Waals surface area contributed by atoms with Crippen molar-refractivity contribution < 1.29 is 9.13 Å². The molecular formula is C13H17ClFNO. The van der Waals surface area contributed by atoms with Crippen molar-refractivity contribution in [3.63, 3.8) is 0 Å². The monoisotopic (exact) mass is 257 g/mol. The number of benzene rings is 1. The largest absolute Gasteiger partial charge is 0.492 e. The molecule has 1 saturated heterocycles. The molecule has 4 heteroatoms. The number of hydrogen-bond acceptors (Lipinski definition) is 2. The van der Waals surface area contributed by atoms with E-state index in [2.05, 4.69) is 5.32 Å². The van der Waals surface area contributed by atoms with Crippen molar-refractivity contribution >= 4 is 11.6 Å². The Hall–Kier alpha value is -0.800. The Balaban J connectivity index is 1.77. The molecule has 1 N–H and O–H groups in total. The molecule has 0 saturated carbocycles. The third kappa shape index (κ3) is 3.86. The van der Waals surface area contributed by atoms with E-state index >= 15 is 0 Å². The van der Waals surface area contributed by atoms with Crippen LogP contribution in [0.5, 0.6) is 5.75 Å². The van der Waals surface area contributed by atoms with Gasteiger partial charge in [-0.05, 0) is 44.0 Å². The molecule has 1 aliphatic heterocycles. The van der Waals surface area contributed by atoms with Crippen molar-refractivity contribution in [3.8, 4) is 5.75 Å². The highest BCUT2D eigenvalue weighted by atomic mass is 35.5. The zero-order valence-corrected chi connectivity index (χ0v) is 10.5. The van der Waals surface area contributed by atoms with Gasteiger partial charge in [0.05, 0.1) is 11.6 Å². The molecule has 0 aromatic heterocycles. The van der Waals surface area contributed by atoms with Crippen LogP contribution in [0.25, 0.3) is 0 Å². The summed E-state index contributed by atoms with van der Waals surface area (Å²) in [6, 6.07) is 4.75. The molecule has 0 aliphatic carbocycles. The summed E-state index contributed by atoms with van der Waals surface area (Å²) in [6.45, 7) is 1.71. The van der Waals surface area contributed by atoms with Gasteiger partial charge in [-0.25, -0.2) is 4.39 Å². The van der Waals surface area contributed by atoms with Gasteiger partial charge in [0.15, 0.2) is 0 Å². The normalized spacial score (nSPS) is 20.2. The van der Waals surface area contributed by atoms with Crippen LogP contribution in [0.15, 0.2) is 18.2 Å². The smallest absolute Gasteiger partial charge is 0.138 e. The second-order valence-corrected chi connectivity index (χ2v) is 4.77. The van der Waals surface area contributed by atoms with Crippen molar-refractivity contribution in [2.24, 2.45) is 0 Å². The highest BCUT2D eigenvalue weighted by Crippen LogP contribution is 2.25. The molecule has 1 aromatic rings. The van der Waals surface area contributed by atoms with Crippen molar-refractivity contribution in [2.45, 2.75) is 31.7 Å². The van der Waals surface area contributed by atoms with Crippen LogP contribution in [-0.4, -0.2) is 19.2 Å². The summed E-state index contributed by atoms with van der Waals surface area (Å²) in [5.74, 6) is 0.222. The van der Waals surface area contributed by atoms with Crippen LogP contribution in [-0.2, 0) is 0 Å². The summed E-state index contributed by atoms with van der Waals surface area (Å²) in [5.41, 5.74) is 0. The number of nitrogens with one attached hydrogen (secondary N) is 1. The van der Waals surface area contributed by atoms with Gasteiger partial charge in [-0.1, -0.05) is 18.0 Å². The standard InChI is InChI=1S/C13H17ClFNO/c14-12-9-10(15)4-5-13(12)17-8-6-11-3-1-2-7-16-11/h4-5,9,11,16H,1-3,6-8H2/t11-/m1/s1. The van der Waals surface area contributed by atoms with Crippen molar-refractivity contribution in [2.75, 3.05) is 13.2 Å². The van der Waals surface area contributed by atoms with Gasteiger partial charge in [-0.2, -0.15) is 0 Å². The molecule has 0 spiro atoms. The van der Waals surface area contributed by atoms with Crippen molar-refractivity contribution in [1.82, 2.24) is 5.32 Å². The zero-order chi connectivity index (χ0) is 12.1. The Morgan fingerprint density at radius 3 is 3.00 bits per heavy atom. The molecule has 1 atom stereocenters. The summed E-state index contributed by atoms with van der Waals surface area (Å²) in [5, 5.41) is 3.79. The maximum atomic E-state index is 12.8. The molecule has 0 bridgehead atoms. The van der Waals surface area contributed by atoms with Gasteiger partial charge in [0.1, 0.15) is 11.6 Å². The van der Waals surface area contributed by atoms with E-state index in [-0.39, 0.29) is 5.82 Å². The van der Waals surface area contributed by atoms with Crippen LogP contribution >= 0.6 is 11.6 Å². The topological polar surface area (TPSA) is 21.3 Å².